The lowest BCUT2D eigenvalue weighted by Crippen LogP contribution is -2.45. The van der Waals surface area contributed by atoms with Gasteiger partial charge in [-0.2, -0.15) is 10.2 Å². The van der Waals surface area contributed by atoms with Gasteiger partial charge in [0.05, 0.1) is 25.6 Å². The van der Waals surface area contributed by atoms with E-state index >= 15 is 0 Å². The summed E-state index contributed by atoms with van der Waals surface area (Å²) in [6, 6.07) is 27.0. The van der Waals surface area contributed by atoms with Gasteiger partial charge in [-0.25, -0.2) is 10.9 Å². The lowest BCUT2D eigenvalue weighted by Gasteiger charge is -2.31. The lowest BCUT2D eigenvalue weighted by molar-refractivity contribution is -0.271. The number of nitrogens with one attached hydrogen (secondary N) is 2. The maximum absolute atomic E-state index is 12.4. The van der Waals surface area contributed by atoms with Crippen molar-refractivity contribution in [1.29, 1.82) is 0 Å². The molecule has 5 rings (SSSR count). The maximum Gasteiger partial charge on any atom is 0.271 e. The minimum atomic E-state index is -0.877. The fourth-order valence-corrected chi connectivity index (χ4v) is 4.11. The van der Waals surface area contributed by atoms with Gasteiger partial charge in [0.1, 0.15) is 11.5 Å². The minimum Gasteiger partial charge on any atom is -0.458 e. The number of halogens is 2. The molecule has 0 aromatic heterocycles. The summed E-state index contributed by atoms with van der Waals surface area (Å²) in [5.41, 5.74) is 7.33. The highest BCUT2D eigenvalue weighted by atomic mass is 35.5. The van der Waals surface area contributed by atoms with Crippen LogP contribution in [-0.4, -0.2) is 50.0 Å². The highest BCUT2D eigenvalue weighted by Gasteiger charge is 2.31. The number of carbonyl (C=O) groups excluding carboxylic acids is 2. The second-order valence-electron chi connectivity index (χ2n) is 9.26. The van der Waals surface area contributed by atoms with Crippen LogP contribution < -0.4 is 20.3 Å². The van der Waals surface area contributed by atoms with E-state index in [1.807, 2.05) is 0 Å². The van der Waals surface area contributed by atoms with Crippen LogP contribution in [0, 0.1) is 0 Å². The maximum atomic E-state index is 12.4. The molecular weight excluding hydrogens is 607 g/mol. The van der Waals surface area contributed by atoms with E-state index in [9.17, 15) is 9.59 Å². The van der Waals surface area contributed by atoms with Gasteiger partial charge in [0.25, 0.3) is 24.4 Å². The number of amides is 2. The molecule has 1 fully saturated rings. The molecule has 1 aliphatic rings. The fourth-order valence-electron chi connectivity index (χ4n) is 3.86. The van der Waals surface area contributed by atoms with E-state index in [1.165, 1.54) is 12.4 Å². The molecule has 1 saturated heterocycles. The average molecular weight is 633 g/mol. The van der Waals surface area contributed by atoms with Crippen LogP contribution in [0.3, 0.4) is 0 Å². The van der Waals surface area contributed by atoms with Crippen molar-refractivity contribution in [2.45, 2.75) is 12.6 Å². The molecule has 0 spiro atoms. The molecule has 0 radical (unpaired) electrons. The Bertz CT molecular complexity index is 1490. The third-order valence-corrected chi connectivity index (χ3v) is 6.61. The summed E-state index contributed by atoms with van der Waals surface area (Å²) in [6.45, 7) is 0.624. The third kappa shape index (κ3) is 8.88. The summed E-state index contributed by atoms with van der Waals surface area (Å²) in [5, 5.41) is 9.17. The van der Waals surface area contributed by atoms with Gasteiger partial charge >= 0.3 is 0 Å². The van der Waals surface area contributed by atoms with Gasteiger partial charge in [-0.05, 0) is 83.9 Å². The van der Waals surface area contributed by atoms with Crippen LogP contribution in [-0.2, 0) is 9.47 Å². The van der Waals surface area contributed by atoms with Gasteiger partial charge in [-0.3, -0.25) is 9.59 Å². The van der Waals surface area contributed by atoms with Crippen molar-refractivity contribution in [1.82, 2.24) is 10.9 Å². The van der Waals surface area contributed by atoms with Crippen LogP contribution in [0.2, 0.25) is 10.0 Å². The molecule has 4 aromatic rings. The van der Waals surface area contributed by atoms with Crippen LogP contribution in [0.25, 0.3) is 0 Å². The molecule has 2 N–H and O–H groups in total. The highest BCUT2D eigenvalue weighted by Crippen LogP contribution is 2.22. The molecule has 0 bridgehead atoms. The van der Waals surface area contributed by atoms with Crippen LogP contribution in [0.4, 0.5) is 0 Å². The summed E-state index contributed by atoms with van der Waals surface area (Å²) in [7, 11) is 0. The molecule has 10 nitrogen and oxygen atoms in total. The van der Waals surface area contributed by atoms with Gasteiger partial charge in [0, 0.05) is 21.2 Å². The summed E-state index contributed by atoms with van der Waals surface area (Å²) >= 11 is 11.7. The Morgan fingerprint density at radius 3 is 1.34 bits per heavy atom. The SMILES string of the molecule is O=C(N/N=C\c1ccc(Cl)cc1)c1ccc(O[C@H]2OCCO[C@@H]2Oc2ccc(C(=O)N/N=C\c3ccc(Cl)cc3)cc2)cc1. The largest absolute Gasteiger partial charge is 0.458 e. The van der Waals surface area contributed by atoms with Crippen molar-refractivity contribution >= 4 is 47.4 Å². The molecule has 1 heterocycles. The topological polar surface area (TPSA) is 120 Å². The molecular formula is C32H26Cl2N4O6. The van der Waals surface area contributed by atoms with Gasteiger partial charge in [0.2, 0.25) is 0 Å². The van der Waals surface area contributed by atoms with Gasteiger partial charge < -0.3 is 18.9 Å². The Labute approximate surface area is 263 Å². The highest BCUT2D eigenvalue weighted by molar-refractivity contribution is 6.30. The summed E-state index contributed by atoms with van der Waals surface area (Å²) in [4.78, 5) is 24.9. The first kappa shape index (κ1) is 30.7. The smallest absolute Gasteiger partial charge is 0.271 e. The van der Waals surface area contributed by atoms with Crippen molar-refractivity contribution in [3.8, 4) is 11.5 Å². The minimum absolute atomic E-state index is 0.312. The predicted molar refractivity (Wildman–Crippen MR) is 167 cm³/mol. The van der Waals surface area contributed by atoms with Crippen molar-refractivity contribution in [2.75, 3.05) is 13.2 Å². The molecule has 4 aromatic carbocycles. The summed E-state index contributed by atoms with van der Waals surface area (Å²) < 4.78 is 23.3. The molecule has 1 aliphatic heterocycles. The van der Waals surface area contributed by atoms with Gasteiger partial charge in [-0.1, -0.05) is 47.5 Å². The number of nitrogens with zero attached hydrogens (tertiary/aromatic N) is 2. The van der Waals surface area contributed by atoms with Crippen LogP contribution >= 0.6 is 23.2 Å². The Morgan fingerprint density at radius 2 is 0.977 bits per heavy atom. The Balaban J connectivity index is 1.12. The van der Waals surface area contributed by atoms with Crippen molar-refractivity contribution in [3.63, 3.8) is 0 Å². The van der Waals surface area contributed by atoms with E-state index in [-0.39, 0.29) is 11.8 Å². The van der Waals surface area contributed by atoms with E-state index in [0.29, 0.717) is 45.9 Å². The predicted octanol–water partition coefficient (Wildman–Crippen LogP) is 5.68. The molecule has 44 heavy (non-hydrogen) atoms. The molecule has 2 atom stereocenters. The van der Waals surface area contributed by atoms with E-state index in [2.05, 4.69) is 21.1 Å². The monoisotopic (exact) mass is 632 g/mol. The summed E-state index contributed by atoms with van der Waals surface area (Å²) in [6.07, 6.45) is 1.29. The van der Waals surface area contributed by atoms with E-state index in [0.717, 1.165) is 11.1 Å². The molecule has 0 saturated carbocycles. The zero-order valence-corrected chi connectivity index (χ0v) is 24.6. The van der Waals surface area contributed by atoms with Crippen molar-refractivity contribution in [3.05, 3.63) is 129 Å². The van der Waals surface area contributed by atoms with Crippen molar-refractivity contribution < 1.29 is 28.5 Å². The Morgan fingerprint density at radius 1 is 0.614 bits per heavy atom. The molecule has 2 amide bonds. The second kappa shape index (κ2) is 15.1. The quantitative estimate of drug-likeness (QED) is 0.171. The Hall–Kier alpha value is -4.74. The Kier molecular flexibility index (Phi) is 10.6. The fraction of sp³-hybridized carbons (Fsp3) is 0.125. The number of rotatable bonds is 10. The number of hydrazone groups is 2. The third-order valence-electron chi connectivity index (χ3n) is 6.11. The van der Waals surface area contributed by atoms with Crippen molar-refractivity contribution in [2.24, 2.45) is 10.2 Å². The molecule has 0 unspecified atom stereocenters. The number of benzene rings is 4. The zero-order chi connectivity index (χ0) is 30.7. The first-order chi connectivity index (χ1) is 21.4. The molecule has 0 aliphatic carbocycles. The normalized spacial score (nSPS) is 16.5. The average Bonchev–Trinajstić information content (AvgIpc) is 3.04. The number of ether oxygens (including phenoxy) is 4. The standard InChI is InChI=1S/C32H26Cl2N4O6/c33-25-9-1-21(2-10-25)19-35-37-29(39)23-5-13-27(14-6-23)43-31-32(42-18-17-41-31)44-28-15-7-24(8-16-28)30(40)38-36-20-22-3-11-26(34)12-4-22/h1-16,19-20,31-32H,17-18H2,(H,37,39)(H,38,40)/b35-19-,36-20-/t31-,32-/m1/s1. The van der Waals surface area contributed by atoms with Crippen LogP contribution in [0.1, 0.15) is 31.8 Å². The second-order valence-corrected chi connectivity index (χ2v) is 10.1. The van der Waals surface area contributed by atoms with E-state index < -0.39 is 12.6 Å². The van der Waals surface area contributed by atoms with Gasteiger partial charge in [0.15, 0.2) is 0 Å². The number of hydrogen-bond donors (Lipinski definition) is 2. The lowest BCUT2D eigenvalue weighted by atomic mass is 10.2. The molecule has 224 valence electrons. The van der Waals surface area contributed by atoms with E-state index in [1.54, 1.807) is 97.1 Å². The number of hydrogen-bond acceptors (Lipinski definition) is 8. The number of carbonyl (C=O) groups is 2. The molecule has 12 heteroatoms. The zero-order valence-electron chi connectivity index (χ0n) is 23.1. The van der Waals surface area contributed by atoms with Crippen LogP contribution in [0.5, 0.6) is 11.5 Å². The summed E-state index contributed by atoms with van der Waals surface area (Å²) in [5.74, 6) is 0.124. The van der Waals surface area contributed by atoms with Gasteiger partial charge in [-0.15, -0.1) is 0 Å². The van der Waals surface area contributed by atoms with Crippen LogP contribution in [0.15, 0.2) is 107 Å². The first-order valence-electron chi connectivity index (χ1n) is 13.4. The first-order valence-corrected chi connectivity index (χ1v) is 14.1. The van der Waals surface area contributed by atoms with E-state index in [4.69, 9.17) is 42.1 Å².